The van der Waals surface area contributed by atoms with Crippen molar-refractivity contribution >= 4 is 29.1 Å². The van der Waals surface area contributed by atoms with Crippen LogP contribution in [0.1, 0.15) is 56.3 Å². The van der Waals surface area contributed by atoms with Crippen molar-refractivity contribution in [3.05, 3.63) is 57.1 Å². The van der Waals surface area contributed by atoms with Crippen LogP contribution in [-0.4, -0.2) is 28.6 Å². The molecule has 0 aliphatic rings. The maximum Gasteiger partial charge on any atom is 0.341 e. The maximum atomic E-state index is 13.7. The smallest absolute Gasteiger partial charge is 0.341 e. The summed E-state index contributed by atoms with van der Waals surface area (Å²) >= 11 is 5.75. The van der Waals surface area contributed by atoms with E-state index in [4.69, 9.17) is 16.3 Å². The fourth-order valence-electron chi connectivity index (χ4n) is 2.66. The number of hydrogen-bond donors (Lipinski definition) is 1. The van der Waals surface area contributed by atoms with Crippen molar-refractivity contribution < 1.29 is 23.5 Å². The largest absolute Gasteiger partial charge is 0.451 e. The number of esters is 1. The Morgan fingerprint density at radius 2 is 1.88 bits per heavy atom. The Balaban J connectivity index is 2.24. The van der Waals surface area contributed by atoms with Gasteiger partial charge in [-0.1, -0.05) is 11.6 Å². The van der Waals surface area contributed by atoms with Gasteiger partial charge in [0.05, 0.1) is 11.3 Å². The van der Waals surface area contributed by atoms with E-state index in [1.165, 1.54) is 19.9 Å². The van der Waals surface area contributed by atoms with Gasteiger partial charge in [0.2, 0.25) is 5.78 Å². The molecule has 132 valence electrons. The highest BCUT2D eigenvalue weighted by Gasteiger charge is 2.27. The molecule has 0 aliphatic carbocycles. The van der Waals surface area contributed by atoms with Gasteiger partial charge in [0.1, 0.15) is 5.82 Å². The summed E-state index contributed by atoms with van der Waals surface area (Å²) in [6.07, 6.45) is -1.16. The summed E-state index contributed by atoms with van der Waals surface area (Å²) < 4.78 is 18.8. The third-order valence-electron chi connectivity index (χ3n) is 3.84. The fraction of sp³-hybridized carbons (Fsp3) is 0.278. The molecule has 0 amide bonds. The van der Waals surface area contributed by atoms with Crippen LogP contribution in [0, 0.1) is 19.7 Å². The number of H-pyrrole nitrogens is 1. The molecule has 7 heteroatoms. The van der Waals surface area contributed by atoms with Gasteiger partial charge in [0.25, 0.3) is 0 Å². The first-order valence-corrected chi connectivity index (χ1v) is 7.91. The van der Waals surface area contributed by atoms with Crippen LogP contribution in [0.3, 0.4) is 0 Å². The summed E-state index contributed by atoms with van der Waals surface area (Å²) in [6, 6.07) is 3.48. The number of aromatic nitrogens is 1. The molecule has 0 saturated carbocycles. The normalized spacial score (nSPS) is 11.9. The minimum Gasteiger partial charge on any atom is -0.451 e. The maximum absolute atomic E-state index is 13.7. The SMILES string of the molecule is CC(=O)c1c(C)[nH]c(C(=O)C(C)OC(=O)c2cc(Cl)ccc2F)c1C. The monoisotopic (exact) mass is 365 g/mol. The van der Waals surface area contributed by atoms with Gasteiger partial charge in [-0.3, -0.25) is 9.59 Å². The van der Waals surface area contributed by atoms with Crippen molar-refractivity contribution in [2.24, 2.45) is 0 Å². The lowest BCUT2D eigenvalue weighted by atomic mass is 10.0. The van der Waals surface area contributed by atoms with Crippen LogP contribution >= 0.6 is 11.6 Å². The molecule has 0 aliphatic heterocycles. The van der Waals surface area contributed by atoms with Crippen LogP contribution < -0.4 is 0 Å². The number of carbonyl (C=O) groups excluding carboxylic acids is 3. The summed E-state index contributed by atoms with van der Waals surface area (Å²) in [6.45, 7) is 6.10. The summed E-state index contributed by atoms with van der Waals surface area (Å²) in [5, 5.41) is 0.175. The molecule has 5 nitrogen and oxygen atoms in total. The number of ketones is 2. The third-order valence-corrected chi connectivity index (χ3v) is 4.07. The van der Waals surface area contributed by atoms with Crippen molar-refractivity contribution in [1.82, 2.24) is 4.98 Å². The Labute approximate surface area is 149 Å². The zero-order chi connectivity index (χ0) is 18.9. The molecule has 1 aromatic carbocycles. The number of ether oxygens (including phenoxy) is 1. The molecule has 1 aromatic heterocycles. The molecule has 1 unspecified atom stereocenters. The van der Waals surface area contributed by atoms with E-state index in [-0.39, 0.29) is 22.1 Å². The van der Waals surface area contributed by atoms with Crippen LogP contribution in [0.2, 0.25) is 5.02 Å². The van der Waals surface area contributed by atoms with Crippen LogP contribution in [0.25, 0.3) is 0 Å². The van der Waals surface area contributed by atoms with Gasteiger partial charge in [0.15, 0.2) is 11.9 Å². The van der Waals surface area contributed by atoms with Crippen LogP contribution in [0.4, 0.5) is 4.39 Å². The molecule has 2 aromatic rings. The lowest BCUT2D eigenvalue weighted by Gasteiger charge is -2.13. The van der Waals surface area contributed by atoms with E-state index >= 15 is 0 Å². The second-order valence-electron chi connectivity index (χ2n) is 5.72. The molecule has 0 bridgehead atoms. The number of aromatic amines is 1. The molecule has 2 rings (SSSR count). The predicted octanol–water partition coefficient (Wildman–Crippen LogP) is 4.05. The van der Waals surface area contributed by atoms with E-state index < -0.39 is 23.7 Å². The quantitative estimate of drug-likeness (QED) is 0.640. The highest BCUT2D eigenvalue weighted by molar-refractivity contribution is 6.30. The van der Waals surface area contributed by atoms with Crippen molar-refractivity contribution in [1.29, 1.82) is 0 Å². The van der Waals surface area contributed by atoms with Crippen molar-refractivity contribution in [2.75, 3.05) is 0 Å². The van der Waals surface area contributed by atoms with Gasteiger partial charge in [-0.05, 0) is 51.5 Å². The highest BCUT2D eigenvalue weighted by atomic mass is 35.5. The van der Waals surface area contributed by atoms with Gasteiger partial charge in [0, 0.05) is 16.3 Å². The Hall–Kier alpha value is -2.47. The van der Waals surface area contributed by atoms with E-state index in [0.29, 0.717) is 16.8 Å². The number of aryl methyl sites for hydroxylation is 1. The molecule has 1 atom stereocenters. The molecule has 0 fully saturated rings. The van der Waals surface area contributed by atoms with Crippen LogP contribution in [0.5, 0.6) is 0 Å². The first-order chi connectivity index (χ1) is 11.6. The summed E-state index contributed by atoms with van der Waals surface area (Å²) in [5.74, 6) is -2.46. The van der Waals surface area contributed by atoms with E-state index in [0.717, 1.165) is 12.1 Å². The summed E-state index contributed by atoms with van der Waals surface area (Å²) in [5.41, 5.74) is 1.33. The van der Waals surface area contributed by atoms with E-state index in [1.54, 1.807) is 13.8 Å². The minimum atomic E-state index is -1.16. The summed E-state index contributed by atoms with van der Waals surface area (Å²) in [4.78, 5) is 39.1. The second kappa shape index (κ2) is 7.19. The zero-order valence-electron chi connectivity index (χ0n) is 14.2. The van der Waals surface area contributed by atoms with Gasteiger partial charge in [-0.2, -0.15) is 0 Å². The number of rotatable bonds is 5. The fourth-order valence-corrected chi connectivity index (χ4v) is 2.83. The second-order valence-corrected chi connectivity index (χ2v) is 6.15. The van der Waals surface area contributed by atoms with Crippen LogP contribution in [-0.2, 0) is 4.74 Å². The third kappa shape index (κ3) is 3.79. The van der Waals surface area contributed by atoms with Crippen molar-refractivity contribution in [3.63, 3.8) is 0 Å². The van der Waals surface area contributed by atoms with Gasteiger partial charge < -0.3 is 9.72 Å². The summed E-state index contributed by atoms with van der Waals surface area (Å²) in [7, 11) is 0. The Kier molecular flexibility index (Phi) is 5.42. The first-order valence-electron chi connectivity index (χ1n) is 7.53. The first kappa shape index (κ1) is 18.9. The number of benzene rings is 1. The number of Topliss-reactive ketones (excluding diaryl/α,β-unsaturated/α-hetero) is 2. The number of nitrogens with one attached hydrogen (secondary N) is 1. The van der Waals surface area contributed by atoms with E-state index in [2.05, 4.69) is 4.98 Å². The molecule has 25 heavy (non-hydrogen) atoms. The number of carbonyl (C=O) groups is 3. The van der Waals surface area contributed by atoms with E-state index in [9.17, 15) is 18.8 Å². The molecular formula is C18H17ClFNO4. The molecule has 0 radical (unpaired) electrons. The Morgan fingerprint density at radius 3 is 2.44 bits per heavy atom. The molecular weight excluding hydrogens is 349 g/mol. The average Bonchev–Trinajstić information content (AvgIpc) is 2.83. The van der Waals surface area contributed by atoms with E-state index in [1.807, 2.05) is 0 Å². The molecule has 1 N–H and O–H groups in total. The zero-order valence-corrected chi connectivity index (χ0v) is 15.0. The Bertz CT molecular complexity index is 872. The van der Waals surface area contributed by atoms with Gasteiger partial charge in [-0.15, -0.1) is 0 Å². The van der Waals surface area contributed by atoms with Crippen LogP contribution in [0.15, 0.2) is 18.2 Å². The molecule has 1 heterocycles. The lowest BCUT2D eigenvalue weighted by molar-refractivity contribution is 0.0312. The van der Waals surface area contributed by atoms with Crippen molar-refractivity contribution in [3.8, 4) is 0 Å². The topological polar surface area (TPSA) is 76.2 Å². The standard InChI is InChI=1S/C18H17ClFNO4/c1-8-15(10(3)22)9(2)21-16(8)17(23)11(4)25-18(24)13-7-12(19)5-6-14(13)20/h5-7,11,21H,1-4H3. The lowest BCUT2D eigenvalue weighted by Crippen LogP contribution is -2.25. The predicted molar refractivity (Wildman–Crippen MR) is 90.9 cm³/mol. The molecule has 0 saturated heterocycles. The minimum absolute atomic E-state index is 0.170. The Morgan fingerprint density at radius 1 is 1.24 bits per heavy atom. The molecule has 0 spiro atoms. The van der Waals surface area contributed by atoms with Gasteiger partial charge in [-0.25, -0.2) is 9.18 Å². The average molecular weight is 366 g/mol. The number of halogens is 2. The van der Waals surface area contributed by atoms with Gasteiger partial charge >= 0.3 is 5.97 Å². The van der Waals surface area contributed by atoms with Crippen molar-refractivity contribution in [2.45, 2.75) is 33.8 Å². The number of hydrogen-bond acceptors (Lipinski definition) is 4. The highest BCUT2D eigenvalue weighted by Crippen LogP contribution is 2.21.